The van der Waals surface area contributed by atoms with Gasteiger partial charge >= 0.3 is 0 Å². The molecule has 14 aromatic rings. The van der Waals surface area contributed by atoms with Crippen LogP contribution in [0.2, 0.25) is 0 Å². The lowest BCUT2D eigenvalue weighted by Crippen LogP contribution is -2.23. The number of para-hydroxylation sites is 5. The van der Waals surface area contributed by atoms with Crippen LogP contribution in [0.5, 0.6) is 0 Å². The summed E-state index contributed by atoms with van der Waals surface area (Å²) in [7, 11) is 0. The summed E-state index contributed by atoms with van der Waals surface area (Å²) >= 11 is 0. The summed E-state index contributed by atoms with van der Waals surface area (Å²) in [5, 5.41) is 6.17. The minimum Gasteiger partial charge on any atom is -0.309 e. The number of nitrogens with zero attached hydrogens (tertiary/aromatic N) is 6. The Morgan fingerprint density at radius 3 is 1.51 bits per heavy atom. The van der Waals surface area contributed by atoms with E-state index in [-0.39, 0.29) is 5.56 Å². The summed E-state index contributed by atoms with van der Waals surface area (Å²) in [6, 6.07) is 77.9. The first kappa shape index (κ1) is 38.0. The Bertz CT molecular complexity index is 4390. The minimum atomic E-state index is -0.194. The quantitative estimate of drug-likeness (QED) is 0.167. The van der Waals surface area contributed by atoms with Gasteiger partial charge in [0.25, 0.3) is 5.56 Å². The van der Waals surface area contributed by atoms with Gasteiger partial charge in [0.05, 0.1) is 49.9 Å². The molecule has 0 radical (unpaired) electrons. The molecule has 0 amide bonds. The summed E-state index contributed by atoms with van der Waals surface area (Å²) in [6.45, 7) is 0. The zero-order valence-corrected chi connectivity index (χ0v) is 36.5. The standard InChI is InChI=1S/C61H38N6O/c68-60-47-27-13-15-29-51(47)64-38-56(57(39-18-4-1-5-19-39)59(64)67(60)61-62-50-28-14-10-26-46(50)58(63-61)40-20-6-2-7-21-40)66-53-31-17-12-25-45(53)49-37-42(33-35-55(49)66)41-32-34-54-48(36-41)44-24-11-16-30-52(44)65(54)43-22-8-3-9-23-43/h1-38H. The van der Waals surface area contributed by atoms with E-state index in [9.17, 15) is 0 Å². The average molecular weight is 871 g/mol. The first-order valence-electron chi connectivity index (χ1n) is 22.9. The predicted molar refractivity (Wildman–Crippen MR) is 279 cm³/mol. The fourth-order valence-corrected chi connectivity index (χ4v) is 10.6. The molecule has 0 atom stereocenters. The first-order valence-corrected chi connectivity index (χ1v) is 22.9. The van der Waals surface area contributed by atoms with Crippen LogP contribution in [0, 0.1) is 0 Å². The van der Waals surface area contributed by atoms with Gasteiger partial charge in [0, 0.05) is 49.9 Å². The Morgan fingerprint density at radius 1 is 0.353 bits per heavy atom. The van der Waals surface area contributed by atoms with E-state index >= 15 is 4.79 Å². The zero-order valence-electron chi connectivity index (χ0n) is 36.5. The molecule has 5 aromatic heterocycles. The highest BCUT2D eigenvalue weighted by Gasteiger charge is 2.26. The van der Waals surface area contributed by atoms with Crippen LogP contribution in [0.15, 0.2) is 235 Å². The molecule has 0 aliphatic heterocycles. The molecule has 0 spiro atoms. The van der Waals surface area contributed by atoms with Crippen molar-refractivity contribution in [2.75, 3.05) is 0 Å². The Hall–Kier alpha value is -9.33. The van der Waals surface area contributed by atoms with Crippen LogP contribution in [0.1, 0.15) is 0 Å². The van der Waals surface area contributed by atoms with Crippen LogP contribution in [0.4, 0.5) is 0 Å². The Kier molecular flexibility index (Phi) is 8.30. The molecule has 0 fully saturated rings. The molecule has 7 nitrogen and oxygen atoms in total. The molecule has 9 aromatic carbocycles. The van der Waals surface area contributed by atoms with E-state index in [1.165, 1.54) is 21.8 Å². The van der Waals surface area contributed by atoms with Crippen molar-refractivity contribution in [3.05, 3.63) is 241 Å². The van der Waals surface area contributed by atoms with Gasteiger partial charge in [-0.25, -0.2) is 14.5 Å². The van der Waals surface area contributed by atoms with Gasteiger partial charge in [-0.05, 0) is 83.4 Å². The maximum absolute atomic E-state index is 15.3. The molecule has 68 heavy (non-hydrogen) atoms. The van der Waals surface area contributed by atoms with Crippen molar-refractivity contribution in [1.29, 1.82) is 0 Å². The lowest BCUT2D eigenvalue weighted by atomic mass is 10.0. The van der Waals surface area contributed by atoms with Gasteiger partial charge in [-0.15, -0.1) is 0 Å². The van der Waals surface area contributed by atoms with Gasteiger partial charge in [-0.1, -0.05) is 158 Å². The second-order valence-corrected chi connectivity index (χ2v) is 17.4. The molecule has 318 valence electrons. The summed E-state index contributed by atoms with van der Waals surface area (Å²) in [4.78, 5) is 25.8. The summed E-state index contributed by atoms with van der Waals surface area (Å²) < 4.78 is 8.60. The van der Waals surface area contributed by atoms with Crippen molar-refractivity contribution < 1.29 is 0 Å². The number of benzene rings is 9. The molecule has 7 heteroatoms. The molecular formula is C61H38N6O. The third-order valence-electron chi connectivity index (χ3n) is 13.6. The molecule has 14 rings (SSSR count). The Morgan fingerprint density at radius 2 is 0.853 bits per heavy atom. The van der Waals surface area contributed by atoms with E-state index in [1.807, 2.05) is 72.8 Å². The number of fused-ring (bicyclic) bond motifs is 10. The highest BCUT2D eigenvalue weighted by Crippen LogP contribution is 2.42. The maximum Gasteiger partial charge on any atom is 0.268 e. The number of rotatable bonds is 6. The van der Waals surface area contributed by atoms with E-state index in [1.54, 1.807) is 4.57 Å². The summed E-state index contributed by atoms with van der Waals surface area (Å²) in [6.07, 6.45) is 2.19. The van der Waals surface area contributed by atoms with Crippen LogP contribution < -0.4 is 5.56 Å². The fraction of sp³-hybridized carbons (Fsp3) is 0. The van der Waals surface area contributed by atoms with E-state index < -0.39 is 0 Å². The van der Waals surface area contributed by atoms with Gasteiger partial charge in [0.15, 0.2) is 0 Å². The molecule has 0 saturated heterocycles. The number of hydrogen-bond acceptors (Lipinski definition) is 3. The highest BCUT2D eigenvalue weighted by atomic mass is 16.1. The second-order valence-electron chi connectivity index (χ2n) is 17.4. The van der Waals surface area contributed by atoms with Crippen molar-refractivity contribution in [3.63, 3.8) is 0 Å². The molecule has 0 saturated carbocycles. The van der Waals surface area contributed by atoms with Gasteiger partial charge < -0.3 is 9.13 Å². The van der Waals surface area contributed by atoms with Crippen LogP contribution >= 0.6 is 0 Å². The largest absolute Gasteiger partial charge is 0.309 e. The van der Waals surface area contributed by atoms with E-state index in [4.69, 9.17) is 9.97 Å². The fourth-order valence-electron chi connectivity index (χ4n) is 10.6. The molecule has 0 aliphatic rings. The topological polar surface area (TPSA) is 62.0 Å². The lowest BCUT2D eigenvalue weighted by molar-refractivity contribution is 0.916. The SMILES string of the molecule is O=c1c2ccccc2n2cc(-n3c4ccccc4c4cc(-c5ccc6c(c5)c5ccccc5n6-c5ccccc5)ccc43)c(-c3ccccc3)c2n1-c1nc(-c2ccccc2)c2ccccc2n1. The van der Waals surface area contributed by atoms with Crippen molar-refractivity contribution in [2.45, 2.75) is 0 Å². The average Bonchev–Trinajstić information content (AvgIpc) is 4.07. The lowest BCUT2D eigenvalue weighted by Gasteiger charge is -2.15. The third kappa shape index (κ3) is 5.63. The van der Waals surface area contributed by atoms with Crippen LogP contribution in [0.25, 0.3) is 122 Å². The molecular weight excluding hydrogens is 833 g/mol. The molecule has 0 bridgehead atoms. The van der Waals surface area contributed by atoms with Gasteiger partial charge in [-0.2, -0.15) is 0 Å². The van der Waals surface area contributed by atoms with Crippen molar-refractivity contribution in [1.82, 2.24) is 28.1 Å². The Balaban J connectivity index is 1.04. The molecule has 5 heterocycles. The van der Waals surface area contributed by atoms with E-state index in [0.29, 0.717) is 17.0 Å². The van der Waals surface area contributed by atoms with Gasteiger partial charge in [0.1, 0.15) is 5.65 Å². The number of aromatic nitrogens is 6. The van der Waals surface area contributed by atoms with Gasteiger partial charge in [-0.3, -0.25) is 9.20 Å². The first-order chi connectivity index (χ1) is 33.7. The van der Waals surface area contributed by atoms with E-state index in [0.717, 1.165) is 83.1 Å². The minimum absolute atomic E-state index is 0.194. The normalized spacial score (nSPS) is 11.9. The summed E-state index contributed by atoms with van der Waals surface area (Å²) in [5.74, 6) is 0.306. The van der Waals surface area contributed by atoms with Crippen molar-refractivity contribution in [2.24, 2.45) is 0 Å². The molecule has 0 N–H and O–H groups in total. The van der Waals surface area contributed by atoms with E-state index in [2.05, 4.69) is 171 Å². The zero-order chi connectivity index (χ0) is 44.9. The molecule has 0 unspecified atom stereocenters. The number of hydrogen-bond donors (Lipinski definition) is 0. The van der Waals surface area contributed by atoms with Crippen molar-refractivity contribution >= 4 is 71.1 Å². The van der Waals surface area contributed by atoms with Crippen LogP contribution in [-0.4, -0.2) is 28.1 Å². The third-order valence-corrected chi connectivity index (χ3v) is 13.6. The Labute approximate surface area is 389 Å². The molecule has 0 aliphatic carbocycles. The van der Waals surface area contributed by atoms with Crippen molar-refractivity contribution in [3.8, 4) is 50.8 Å². The van der Waals surface area contributed by atoms with Gasteiger partial charge in [0.2, 0.25) is 5.95 Å². The maximum atomic E-state index is 15.3. The summed E-state index contributed by atoms with van der Waals surface area (Å²) in [5.41, 5.74) is 14.4. The smallest absolute Gasteiger partial charge is 0.268 e. The highest BCUT2D eigenvalue weighted by molar-refractivity contribution is 6.13. The van der Waals surface area contributed by atoms with Crippen LogP contribution in [-0.2, 0) is 0 Å². The second kappa shape index (κ2) is 14.9. The monoisotopic (exact) mass is 870 g/mol. The predicted octanol–water partition coefficient (Wildman–Crippen LogP) is 14.4. The van der Waals surface area contributed by atoms with Crippen LogP contribution in [0.3, 0.4) is 0 Å².